The van der Waals surface area contributed by atoms with Crippen LogP contribution < -0.4 is 10.5 Å². The fraction of sp³-hybridized carbons (Fsp3) is 0.647. The highest BCUT2D eigenvalue weighted by Crippen LogP contribution is 2.33. The molecule has 9 heteroatoms. The van der Waals surface area contributed by atoms with Crippen LogP contribution >= 0.6 is 24.0 Å². The van der Waals surface area contributed by atoms with Crippen molar-refractivity contribution >= 4 is 34.0 Å². The lowest BCUT2D eigenvalue weighted by Crippen LogP contribution is -2.40. The molecule has 2 fully saturated rings. The molecule has 2 N–H and O–H groups in total. The van der Waals surface area contributed by atoms with Gasteiger partial charge in [-0.1, -0.05) is 11.6 Å². The highest BCUT2D eigenvalue weighted by molar-refractivity contribution is 7.89. The van der Waals surface area contributed by atoms with Gasteiger partial charge in [-0.2, -0.15) is 4.31 Å². The number of nitrogens with zero attached hydrogens (tertiary/aromatic N) is 1. The van der Waals surface area contributed by atoms with Gasteiger partial charge in [0.05, 0.1) is 6.10 Å². The van der Waals surface area contributed by atoms with Crippen LogP contribution in [-0.4, -0.2) is 51.2 Å². The van der Waals surface area contributed by atoms with Crippen molar-refractivity contribution in [2.24, 2.45) is 5.73 Å². The van der Waals surface area contributed by atoms with Crippen LogP contribution in [0, 0.1) is 0 Å². The van der Waals surface area contributed by atoms with E-state index in [9.17, 15) is 8.42 Å². The second kappa shape index (κ2) is 9.57. The lowest BCUT2D eigenvalue weighted by molar-refractivity contribution is -0.0116. The fourth-order valence-electron chi connectivity index (χ4n) is 3.41. The van der Waals surface area contributed by atoms with Crippen molar-refractivity contribution in [1.82, 2.24) is 4.31 Å². The molecule has 1 aromatic carbocycles. The Balaban J connectivity index is 0.00000243. The summed E-state index contributed by atoms with van der Waals surface area (Å²) in [6.07, 6.45) is 4.69. The maximum absolute atomic E-state index is 13.1. The minimum Gasteiger partial charge on any atom is -0.489 e. The Bertz CT molecular complexity index is 696. The van der Waals surface area contributed by atoms with E-state index < -0.39 is 10.0 Å². The summed E-state index contributed by atoms with van der Waals surface area (Å²) in [5.74, 6) is 0.321. The van der Waals surface area contributed by atoms with Crippen LogP contribution in [0.25, 0.3) is 0 Å². The second-order valence-corrected chi connectivity index (χ2v) is 8.83. The molecule has 0 spiro atoms. The molecule has 0 radical (unpaired) electrons. The molecule has 26 heavy (non-hydrogen) atoms. The first kappa shape index (κ1) is 21.7. The van der Waals surface area contributed by atoms with E-state index in [1.165, 1.54) is 10.4 Å². The summed E-state index contributed by atoms with van der Waals surface area (Å²) in [6, 6.07) is 4.55. The van der Waals surface area contributed by atoms with Crippen molar-refractivity contribution in [3.05, 3.63) is 23.2 Å². The van der Waals surface area contributed by atoms with E-state index in [0.29, 0.717) is 30.5 Å². The van der Waals surface area contributed by atoms with Gasteiger partial charge in [0.25, 0.3) is 0 Å². The predicted molar refractivity (Wildman–Crippen MR) is 104 cm³/mol. The first-order chi connectivity index (χ1) is 12.0. The molecular formula is C17H26Cl2N2O4S. The van der Waals surface area contributed by atoms with Crippen molar-refractivity contribution in [1.29, 1.82) is 0 Å². The molecule has 2 saturated heterocycles. The molecule has 6 nitrogen and oxygen atoms in total. The molecule has 0 saturated carbocycles. The minimum atomic E-state index is -3.70. The van der Waals surface area contributed by atoms with Crippen molar-refractivity contribution < 1.29 is 17.9 Å². The van der Waals surface area contributed by atoms with Gasteiger partial charge in [0.15, 0.2) is 0 Å². The normalized spacial score (nSPS) is 24.2. The van der Waals surface area contributed by atoms with Crippen LogP contribution in [0.15, 0.2) is 23.1 Å². The molecule has 2 atom stereocenters. The number of benzene rings is 1. The van der Waals surface area contributed by atoms with Crippen LogP contribution in [0.4, 0.5) is 0 Å². The van der Waals surface area contributed by atoms with Gasteiger partial charge in [-0.05, 0) is 50.3 Å². The number of halogens is 2. The molecule has 1 aromatic rings. The summed E-state index contributed by atoms with van der Waals surface area (Å²) in [4.78, 5) is 0.108. The quantitative estimate of drug-likeness (QED) is 0.758. The van der Waals surface area contributed by atoms with Crippen molar-refractivity contribution in [2.75, 3.05) is 26.3 Å². The summed E-state index contributed by atoms with van der Waals surface area (Å²) in [6.45, 7) is 1.85. The first-order valence-corrected chi connectivity index (χ1v) is 10.6. The number of sulfonamides is 1. The van der Waals surface area contributed by atoms with Gasteiger partial charge in [0, 0.05) is 30.8 Å². The SMILES string of the molecule is Cl.NCC1CCCN1S(=O)(=O)c1cc(Cl)ccc1OCC1CCCCO1. The largest absolute Gasteiger partial charge is 0.489 e. The minimum absolute atomic E-state index is 0. The van der Waals surface area contributed by atoms with Crippen LogP contribution in [-0.2, 0) is 14.8 Å². The molecule has 2 unspecified atom stereocenters. The van der Waals surface area contributed by atoms with Crippen molar-refractivity contribution in [3.63, 3.8) is 0 Å². The molecule has 2 heterocycles. The van der Waals surface area contributed by atoms with Gasteiger partial charge in [0.1, 0.15) is 17.3 Å². The molecule has 3 rings (SSSR count). The average Bonchev–Trinajstić information content (AvgIpc) is 3.11. The molecule has 0 aliphatic carbocycles. The third kappa shape index (κ3) is 4.82. The number of rotatable bonds is 6. The highest BCUT2D eigenvalue weighted by atomic mass is 35.5. The number of ether oxygens (including phenoxy) is 2. The Hall–Kier alpha value is -0.570. The molecule has 0 amide bonds. The van der Waals surface area contributed by atoms with E-state index >= 15 is 0 Å². The predicted octanol–water partition coefficient (Wildman–Crippen LogP) is 2.82. The van der Waals surface area contributed by atoms with Gasteiger partial charge < -0.3 is 15.2 Å². The van der Waals surface area contributed by atoms with E-state index in [0.717, 1.165) is 38.7 Å². The summed E-state index contributed by atoms with van der Waals surface area (Å²) < 4.78 is 39.2. The Morgan fingerprint density at radius 1 is 1.27 bits per heavy atom. The number of hydrogen-bond acceptors (Lipinski definition) is 5. The maximum Gasteiger partial charge on any atom is 0.247 e. The van der Waals surface area contributed by atoms with Crippen LogP contribution in [0.1, 0.15) is 32.1 Å². The lowest BCUT2D eigenvalue weighted by Gasteiger charge is -2.26. The van der Waals surface area contributed by atoms with Gasteiger partial charge in [-0.25, -0.2) is 8.42 Å². The summed E-state index contributed by atoms with van der Waals surface area (Å²) in [7, 11) is -3.70. The zero-order chi connectivity index (χ0) is 17.9. The van der Waals surface area contributed by atoms with Crippen LogP contribution in [0.2, 0.25) is 5.02 Å². The Labute approximate surface area is 166 Å². The van der Waals surface area contributed by atoms with Gasteiger partial charge in [-0.15, -0.1) is 12.4 Å². The number of hydrogen-bond donors (Lipinski definition) is 1. The second-order valence-electron chi connectivity index (χ2n) is 6.54. The molecular weight excluding hydrogens is 399 g/mol. The fourth-order valence-corrected chi connectivity index (χ4v) is 5.51. The standard InChI is InChI=1S/C17H25ClN2O4S.ClH/c18-13-6-7-16(24-12-15-5-1-2-9-23-15)17(10-13)25(21,22)20-8-3-4-14(20)11-19;/h6-7,10,14-15H,1-5,8-9,11-12,19H2;1H. The molecule has 148 valence electrons. The zero-order valence-electron chi connectivity index (χ0n) is 14.6. The summed E-state index contributed by atoms with van der Waals surface area (Å²) in [5.41, 5.74) is 5.74. The smallest absolute Gasteiger partial charge is 0.247 e. The Morgan fingerprint density at radius 3 is 2.77 bits per heavy atom. The van der Waals surface area contributed by atoms with Gasteiger partial charge >= 0.3 is 0 Å². The van der Waals surface area contributed by atoms with E-state index in [-0.39, 0.29) is 29.4 Å². The van der Waals surface area contributed by atoms with Crippen molar-refractivity contribution in [3.8, 4) is 5.75 Å². The van der Waals surface area contributed by atoms with E-state index in [4.69, 9.17) is 26.8 Å². The Morgan fingerprint density at radius 2 is 2.08 bits per heavy atom. The maximum atomic E-state index is 13.1. The van der Waals surface area contributed by atoms with E-state index in [2.05, 4.69) is 0 Å². The summed E-state index contributed by atoms with van der Waals surface area (Å²) >= 11 is 6.06. The average molecular weight is 425 g/mol. The lowest BCUT2D eigenvalue weighted by atomic mass is 10.1. The first-order valence-electron chi connectivity index (χ1n) is 8.78. The van der Waals surface area contributed by atoms with Gasteiger partial charge in [0.2, 0.25) is 10.0 Å². The molecule has 0 aromatic heterocycles. The summed E-state index contributed by atoms with van der Waals surface area (Å²) in [5, 5.41) is 0.364. The van der Waals surface area contributed by atoms with Crippen LogP contribution in [0.3, 0.4) is 0 Å². The Kier molecular flexibility index (Phi) is 8.00. The van der Waals surface area contributed by atoms with Gasteiger partial charge in [-0.3, -0.25) is 0 Å². The number of nitrogens with two attached hydrogens (primary N) is 1. The topological polar surface area (TPSA) is 81.9 Å². The molecule has 0 bridgehead atoms. The van der Waals surface area contributed by atoms with Crippen molar-refractivity contribution in [2.45, 2.75) is 49.1 Å². The van der Waals surface area contributed by atoms with E-state index in [1.807, 2.05) is 0 Å². The monoisotopic (exact) mass is 424 g/mol. The zero-order valence-corrected chi connectivity index (χ0v) is 17.0. The third-order valence-corrected chi connectivity index (χ3v) is 6.99. The van der Waals surface area contributed by atoms with E-state index in [1.54, 1.807) is 12.1 Å². The molecule has 2 aliphatic heterocycles. The molecule has 2 aliphatic rings. The third-order valence-electron chi connectivity index (χ3n) is 4.79. The van der Waals surface area contributed by atoms with Crippen LogP contribution in [0.5, 0.6) is 5.75 Å². The highest BCUT2D eigenvalue weighted by Gasteiger charge is 2.36.